The number of anilines is 1. The Labute approximate surface area is 203 Å². The van der Waals surface area contributed by atoms with Crippen LogP contribution in [0.2, 0.25) is 0 Å². The zero-order chi connectivity index (χ0) is 24.4. The second-order valence-corrected chi connectivity index (χ2v) is 8.76. The van der Waals surface area contributed by atoms with Gasteiger partial charge in [0.05, 0.1) is 5.56 Å². The van der Waals surface area contributed by atoms with Crippen LogP contribution < -0.4 is 10.2 Å². The topological polar surface area (TPSA) is 95.9 Å². The molecule has 3 aromatic carbocycles. The van der Waals surface area contributed by atoms with Crippen LogP contribution in [0.5, 0.6) is 0 Å². The highest BCUT2D eigenvalue weighted by molar-refractivity contribution is 5.98. The molecule has 3 aromatic rings. The standard InChI is InChI=1S/C28H26N2O5/c31-26(30-16-6-12-22-23(27(32)33)11-5-13-25(22)30)14-15-29-28(34)35-17-24-20-9-3-1-7-18(20)19-8-2-4-10-21(19)24/h1-5,7-11,13,24H,6,12,14-17H2,(H,29,34)(H,32,33). The summed E-state index contributed by atoms with van der Waals surface area (Å²) in [4.78, 5) is 38.4. The minimum absolute atomic E-state index is 0.0249. The van der Waals surface area contributed by atoms with Gasteiger partial charge in [0.2, 0.25) is 5.91 Å². The lowest BCUT2D eigenvalue weighted by atomic mass is 9.96. The Morgan fingerprint density at radius 3 is 2.31 bits per heavy atom. The molecule has 5 rings (SSSR count). The molecular weight excluding hydrogens is 444 g/mol. The average Bonchev–Trinajstić information content (AvgIpc) is 3.20. The van der Waals surface area contributed by atoms with Gasteiger partial charge in [0, 0.05) is 31.1 Å². The summed E-state index contributed by atoms with van der Waals surface area (Å²) in [7, 11) is 0. The summed E-state index contributed by atoms with van der Waals surface area (Å²) in [6, 6.07) is 21.3. The number of fused-ring (bicyclic) bond motifs is 4. The minimum atomic E-state index is -0.993. The molecule has 1 heterocycles. The maximum atomic E-state index is 12.9. The first-order valence-corrected chi connectivity index (χ1v) is 11.8. The summed E-state index contributed by atoms with van der Waals surface area (Å²) in [5.41, 5.74) is 6.16. The first kappa shape index (κ1) is 22.7. The molecule has 0 bridgehead atoms. The molecule has 2 N–H and O–H groups in total. The molecule has 0 fully saturated rings. The van der Waals surface area contributed by atoms with E-state index in [1.54, 1.807) is 23.1 Å². The fraction of sp³-hybridized carbons (Fsp3) is 0.250. The highest BCUT2D eigenvalue weighted by Gasteiger charge is 2.29. The fourth-order valence-corrected chi connectivity index (χ4v) is 5.14. The molecule has 0 spiro atoms. The van der Waals surface area contributed by atoms with Gasteiger partial charge < -0.3 is 20.1 Å². The van der Waals surface area contributed by atoms with Crippen LogP contribution in [0.1, 0.15) is 45.8 Å². The Morgan fingerprint density at radius 1 is 0.943 bits per heavy atom. The fourth-order valence-electron chi connectivity index (χ4n) is 5.14. The first-order valence-electron chi connectivity index (χ1n) is 11.8. The Morgan fingerprint density at radius 2 is 1.63 bits per heavy atom. The number of rotatable bonds is 6. The van der Waals surface area contributed by atoms with E-state index in [2.05, 4.69) is 29.6 Å². The molecule has 7 heteroatoms. The van der Waals surface area contributed by atoms with E-state index >= 15 is 0 Å². The Balaban J connectivity index is 1.16. The van der Waals surface area contributed by atoms with Crippen molar-refractivity contribution in [3.63, 3.8) is 0 Å². The molecule has 2 amide bonds. The molecule has 0 saturated carbocycles. The molecule has 0 aromatic heterocycles. The van der Waals surface area contributed by atoms with E-state index in [1.165, 1.54) is 0 Å². The van der Waals surface area contributed by atoms with Crippen molar-refractivity contribution >= 4 is 23.7 Å². The van der Waals surface area contributed by atoms with Gasteiger partial charge in [-0.25, -0.2) is 9.59 Å². The lowest BCUT2D eigenvalue weighted by Crippen LogP contribution is -2.38. The second kappa shape index (κ2) is 9.62. The van der Waals surface area contributed by atoms with Gasteiger partial charge in [-0.1, -0.05) is 54.6 Å². The van der Waals surface area contributed by atoms with Crippen LogP contribution in [0, 0.1) is 0 Å². The van der Waals surface area contributed by atoms with Crippen LogP contribution >= 0.6 is 0 Å². The zero-order valence-electron chi connectivity index (χ0n) is 19.2. The number of ether oxygens (including phenoxy) is 1. The number of amides is 2. The highest BCUT2D eigenvalue weighted by atomic mass is 16.5. The predicted octanol–water partition coefficient (Wildman–Crippen LogP) is 4.59. The predicted molar refractivity (Wildman–Crippen MR) is 132 cm³/mol. The number of nitrogens with one attached hydrogen (secondary N) is 1. The average molecular weight is 471 g/mol. The summed E-state index contributed by atoms with van der Waals surface area (Å²) < 4.78 is 5.53. The van der Waals surface area contributed by atoms with Crippen molar-refractivity contribution in [1.82, 2.24) is 5.32 Å². The van der Waals surface area contributed by atoms with Gasteiger partial charge in [-0.2, -0.15) is 0 Å². The molecule has 0 saturated heterocycles. The van der Waals surface area contributed by atoms with Crippen LogP contribution in [-0.2, 0) is 16.0 Å². The van der Waals surface area contributed by atoms with Gasteiger partial charge in [0.1, 0.15) is 6.61 Å². The first-order chi connectivity index (χ1) is 17.0. The molecule has 7 nitrogen and oxygen atoms in total. The molecule has 178 valence electrons. The SMILES string of the molecule is O=C(NCCC(=O)N1CCCc2c(C(=O)O)cccc21)OCC1c2ccccc2-c2ccccc21. The van der Waals surface area contributed by atoms with Crippen molar-refractivity contribution in [3.8, 4) is 11.1 Å². The quantitative estimate of drug-likeness (QED) is 0.549. The summed E-state index contributed by atoms with van der Waals surface area (Å²) in [5.74, 6) is -1.18. The van der Waals surface area contributed by atoms with Crippen molar-refractivity contribution < 1.29 is 24.2 Å². The number of hydrogen-bond acceptors (Lipinski definition) is 4. The van der Waals surface area contributed by atoms with Gasteiger partial charge >= 0.3 is 12.1 Å². The third-order valence-electron chi connectivity index (χ3n) is 6.73. The monoisotopic (exact) mass is 470 g/mol. The highest BCUT2D eigenvalue weighted by Crippen LogP contribution is 2.44. The molecule has 0 atom stereocenters. The van der Waals surface area contributed by atoms with E-state index in [-0.39, 0.29) is 37.0 Å². The number of carboxylic acid groups (broad SMARTS) is 1. The van der Waals surface area contributed by atoms with Crippen molar-refractivity contribution in [3.05, 3.63) is 89.0 Å². The molecule has 35 heavy (non-hydrogen) atoms. The van der Waals surface area contributed by atoms with Crippen LogP contribution in [-0.4, -0.2) is 42.8 Å². The van der Waals surface area contributed by atoms with E-state index in [9.17, 15) is 19.5 Å². The Hall–Kier alpha value is -4.13. The third-order valence-corrected chi connectivity index (χ3v) is 6.73. The number of hydrogen-bond donors (Lipinski definition) is 2. The van der Waals surface area contributed by atoms with E-state index in [4.69, 9.17) is 4.74 Å². The second-order valence-electron chi connectivity index (χ2n) is 8.76. The number of benzene rings is 3. The van der Waals surface area contributed by atoms with Crippen molar-refractivity contribution in [2.24, 2.45) is 0 Å². The lowest BCUT2D eigenvalue weighted by Gasteiger charge is -2.30. The Bertz CT molecular complexity index is 1260. The maximum Gasteiger partial charge on any atom is 0.407 e. The molecule has 0 radical (unpaired) electrons. The number of alkyl carbamates (subject to hydrolysis) is 1. The summed E-state index contributed by atoms with van der Waals surface area (Å²) in [6.07, 6.45) is 0.857. The normalized spacial score (nSPS) is 14.0. The van der Waals surface area contributed by atoms with E-state index in [1.807, 2.05) is 24.3 Å². The number of carboxylic acids is 1. The van der Waals surface area contributed by atoms with Gasteiger partial charge in [-0.15, -0.1) is 0 Å². The van der Waals surface area contributed by atoms with Gasteiger partial charge in [-0.3, -0.25) is 4.79 Å². The van der Waals surface area contributed by atoms with Crippen molar-refractivity contribution in [2.45, 2.75) is 25.2 Å². The Kier molecular flexibility index (Phi) is 6.23. The largest absolute Gasteiger partial charge is 0.478 e. The van der Waals surface area contributed by atoms with E-state index in [0.29, 0.717) is 30.6 Å². The number of nitrogens with zero attached hydrogens (tertiary/aromatic N) is 1. The molecular formula is C28H26N2O5. The third kappa shape index (κ3) is 4.37. The number of carbonyl (C=O) groups excluding carboxylic acids is 2. The van der Waals surface area contributed by atoms with Gasteiger partial charge in [0.15, 0.2) is 0 Å². The van der Waals surface area contributed by atoms with Crippen molar-refractivity contribution in [2.75, 3.05) is 24.6 Å². The van der Waals surface area contributed by atoms with E-state index < -0.39 is 12.1 Å². The van der Waals surface area contributed by atoms with Crippen molar-refractivity contribution in [1.29, 1.82) is 0 Å². The lowest BCUT2D eigenvalue weighted by molar-refractivity contribution is -0.118. The van der Waals surface area contributed by atoms with Gasteiger partial charge in [0.25, 0.3) is 0 Å². The summed E-state index contributed by atoms with van der Waals surface area (Å²) in [5, 5.41) is 12.1. The maximum absolute atomic E-state index is 12.9. The summed E-state index contributed by atoms with van der Waals surface area (Å²) in [6.45, 7) is 0.880. The van der Waals surface area contributed by atoms with Gasteiger partial charge in [-0.05, 0) is 52.8 Å². The number of carbonyl (C=O) groups is 3. The smallest absolute Gasteiger partial charge is 0.407 e. The van der Waals surface area contributed by atoms with Crippen LogP contribution in [0.15, 0.2) is 66.7 Å². The summed E-state index contributed by atoms with van der Waals surface area (Å²) >= 11 is 0. The minimum Gasteiger partial charge on any atom is -0.478 e. The zero-order valence-corrected chi connectivity index (χ0v) is 19.2. The molecule has 1 aliphatic heterocycles. The molecule has 0 unspecified atom stereocenters. The van der Waals surface area contributed by atoms with Crippen LogP contribution in [0.4, 0.5) is 10.5 Å². The van der Waals surface area contributed by atoms with Crippen LogP contribution in [0.3, 0.4) is 0 Å². The van der Waals surface area contributed by atoms with E-state index in [0.717, 1.165) is 22.3 Å². The molecule has 1 aliphatic carbocycles. The molecule has 2 aliphatic rings. The number of aromatic carboxylic acids is 1. The van der Waals surface area contributed by atoms with Crippen LogP contribution in [0.25, 0.3) is 11.1 Å².